The van der Waals surface area contributed by atoms with Crippen LogP contribution in [-0.2, 0) is 32.0 Å². The van der Waals surface area contributed by atoms with Gasteiger partial charge >= 0.3 is 5.97 Å². The number of nitrogens with zero attached hydrogens (tertiary/aromatic N) is 1. The highest BCUT2D eigenvalue weighted by atomic mass is 32.1. The first-order valence-corrected chi connectivity index (χ1v) is 11.9. The van der Waals surface area contributed by atoms with Gasteiger partial charge in [0.1, 0.15) is 4.83 Å². The fourth-order valence-corrected chi connectivity index (χ4v) is 5.43. The maximum Gasteiger partial charge on any atom is 0.340 e. The zero-order valence-corrected chi connectivity index (χ0v) is 20.5. The smallest absolute Gasteiger partial charge is 0.340 e. The fraction of sp³-hybridized carbons (Fsp3) is 0.462. The lowest BCUT2D eigenvalue weighted by Gasteiger charge is -2.29. The molecule has 0 saturated heterocycles. The van der Waals surface area contributed by atoms with Crippen molar-refractivity contribution in [2.24, 2.45) is 0 Å². The molecule has 0 unspecified atom stereocenters. The molecule has 3 aromatic rings. The van der Waals surface area contributed by atoms with Crippen LogP contribution in [0, 0.1) is 13.8 Å². The van der Waals surface area contributed by atoms with Crippen LogP contribution in [-0.4, -0.2) is 29.8 Å². The number of aromatic nitrogens is 1. The Hall–Kier alpha value is -2.28. The minimum absolute atomic E-state index is 0.294. The van der Waals surface area contributed by atoms with Crippen LogP contribution in [0.3, 0.4) is 0 Å². The Labute approximate surface area is 193 Å². The van der Waals surface area contributed by atoms with E-state index >= 15 is 0 Å². The molecule has 2 aromatic heterocycles. The van der Waals surface area contributed by atoms with Crippen molar-refractivity contribution in [3.05, 3.63) is 51.5 Å². The van der Waals surface area contributed by atoms with Crippen LogP contribution < -0.4 is 0 Å². The van der Waals surface area contributed by atoms with E-state index in [1.54, 1.807) is 11.3 Å². The second-order valence-corrected chi connectivity index (χ2v) is 10.3. The number of ether oxygens (including phenoxy) is 3. The molecule has 4 rings (SSSR count). The maximum atomic E-state index is 13.2. The second-order valence-electron chi connectivity index (χ2n) is 9.20. The Morgan fingerprint density at radius 2 is 1.94 bits per heavy atom. The largest absolute Gasteiger partial charge is 0.464 e. The summed E-state index contributed by atoms with van der Waals surface area (Å²) >= 11 is 1.68. The number of rotatable bonds is 5. The number of fused-ring (bicyclic) bond motifs is 3. The zero-order chi connectivity index (χ0) is 23.0. The summed E-state index contributed by atoms with van der Waals surface area (Å²) in [5, 5.41) is 1.12. The molecule has 0 radical (unpaired) electrons. The summed E-state index contributed by atoms with van der Waals surface area (Å²) in [5.74, 6) is -0.382. The Balaban J connectivity index is 2.06. The van der Waals surface area contributed by atoms with Gasteiger partial charge in [-0.05, 0) is 59.1 Å². The lowest BCUT2D eigenvalue weighted by atomic mass is 9.89. The van der Waals surface area contributed by atoms with Crippen LogP contribution in [0.15, 0.2) is 24.3 Å². The van der Waals surface area contributed by atoms with Crippen molar-refractivity contribution in [2.45, 2.75) is 66.3 Å². The van der Waals surface area contributed by atoms with Gasteiger partial charge in [-0.3, -0.25) is 0 Å². The molecule has 170 valence electrons. The van der Waals surface area contributed by atoms with Crippen molar-refractivity contribution in [3.63, 3.8) is 0 Å². The second kappa shape index (κ2) is 8.93. The van der Waals surface area contributed by atoms with Gasteiger partial charge in [0.25, 0.3) is 0 Å². The summed E-state index contributed by atoms with van der Waals surface area (Å²) < 4.78 is 17.5. The Morgan fingerprint density at radius 3 is 2.59 bits per heavy atom. The Bertz CT molecular complexity index is 1140. The minimum atomic E-state index is -0.862. The van der Waals surface area contributed by atoms with Gasteiger partial charge < -0.3 is 14.2 Å². The predicted molar refractivity (Wildman–Crippen MR) is 128 cm³/mol. The highest BCUT2D eigenvalue weighted by Crippen LogP contribution is 2.45. The molecule has 0 spiro atoms. The normalized spacial score (nSPS) is 14.9. The molecule has 6 heteroatoms. The summed E-state index contributed by atoms with van der Waals surface area (Å²) in [6.45, 7) is 13.3. The van der Waals surface area contributed by atoms with Gasteiger partial charge in [0.15, 0.2) is 6.10 Å². The van der Waals surface area contributed by atoms with Crippen LogP contribution in [0.5, 0.6) is 0 Å². The molecule has 0 saturated carbocycles. The van der Waals surface area contributed by atoms with Gasteiger partial charge in [-0.25, -0.2) is 9.78 Å². The molecule has 0 aliphatic carbocycles. The van der Waals surface area contributed by atoms with Crippen molar-refractivity contribution >= 4 is 27.5 Å². The summed E-state index contributed by atoms with van der Waals surface area (Å²) in [6, 6.07) is 8.45. The number of pyridine rings is 1. The van der Waals surface area contributed by atoms with Gasteiger partial charge in [0.2, 0.25) is 0 Å². The number of hydrogen-bond acceptors (Lipinski definition) is 6. The minimum Gasteiger partial charge on any atom is -0.464 e. The monoisotopic (exact) mass is 453 g/mol. The number of thiophene rings is 1. The van der Waals surface area contributed by atoms with Gasteiger partial charge in [-0.2, -0.15) is 0 Å². The summed E-state index contributed by atoms with van der Waals surface area (Å²) in [5.41, 5.74) is 5.58. The standard InChI is InChI=1S/C26H31NO4S/c1-7-30-25(28)23(31-26(4,5)6)20-16(3)27-24-22(18-12-13-29-14-19(18)32-24)21(20)17-10-8-15(2)9-11-17/h8-11,23H,7,12-14H2,1-6H3/t23-/m1/s1. The third kappa shape index (κ3) is 4.45. The number of carbonyl (C=O) groups is 1. The van der Waals surface area contributed by atoms with E-state index in [4.69, 9.17) is 19.2 Å². The third-order valence-corrected chi connectivity index (χ3v) is 6.65. The topological polar surface area (TPSA) is 57.7 Å². The molecule has 0 bridgehead atoms. The first-order chi connectivity index (χ1) is 15.2. The number of hydrogen-bond donors (Lipinski definition) is 0. The first-order valence-electron chi connectivity index (χ1n) is 11.1. The van der Waals surface area contributed by atoms with E-state index in [9.17, 15) is 4.79 Å². The van der Waals surface area contributed by atoms with E-state index in [1.165, 1.54) is 16.0 Å². The zero-order valence-electron chi connectivity index (χ0n) is 19.7. The summed E-state index contributed by atoms with van der Waals surface area (Å²) in [7, 11) is 0. The molecule has 32 heavy (non-hydrogen) atoms. The van der Waals surface area contributed by atoms with Crippen molar-refractivity contribution in [3.8, 4) is 11.1 Å². The van der Waals surface area contributed by atoms with Crippen LogP contribution in [0.25, 0.3) is 21.3 Å². The van der Waals surface area contributed by atoms with Crippen molar-refractivity contribution in [2.75, 3.05) is 13.2 Å². The van der Waals surface area contributed by atoms with Crippen molar-refractivity contribution in [1.29, 1.82) is 0 Å². The number of benzene rings is 1. The molecule has 3 heterocycles. The van der Waals surface area contributed by atoms with Crippen molar-refractivity contribution < 1.29 is 19.0 Å². The molecule has 1 aliphatic heterocycles. The highest BCUT2D eigenvalue weighted by molar-refractivity contribution is 7.19. The van der Waals surface area contributed by atoms with Crippen LogP contribution in [0.2, 0.25) is 0 Å². The van der Waals surface area contributed by atoms with Gasteiger partial charge in [0.05, 0.1) is 25.4 Å². The van der Waals surface area contributed by atoms with E-state index in [0.717, 1.165) is 39.0 Å². The van der Waals surface area contributed by atoms with E-state index in [-0.39, 0.29) is 5.97 Å². The molecule has 1 aliphatic rings. The Kier molecular flexibility index (Phi) is 6.39. The van der Waals surface area contributed by atoms with Crippen LogP contribution >= 0.6 is 11.3 Å². The maximum absolute atomic E-state index is 13.2. The quantitative estimate of drug-likeness (QED) is 0.439. The molecule has 0 amide bonds. The van der Waals surface area contributed by atoms with E-state index in [0.29, 0.717) is 19.8 Å². The van der Waals surface area contributed by atoms with E-state index in [1.807, 2.05) is 34.6 Å². The molecule has 1 aromatic carbocycles. The molecule has 1 atom stereocenters. The van der Waals surface area contributed by atoms with Gasteiger partial charge in [0, 0.05) is 27.1 Å². The third-order valence-electron chi connectivity index (χ3n) is 5.55. The van der Waals surface area contributed by atoms with E-state index < -0.39 is 11.7 Å². The fourth-order valence-electron chi connectivity index (χ4n) is 4.22. The average Bonchev–Trinajstić information content (AvgIpc) is 3.09. The summed E-state index contributed by atoms with van der Waals surface area (Å²) in [4.78, 5) is 20.3. The lowest BCUT2D eigenvalue weighted by Crippen LogP contribution is -2.30. The number of carbonyl (C=O) groups excluding carboxylic acids is 1. The van der Waals surface area contributed by atoms with Crippen molar-refractivity contribution in [1.82, 2.24) is 4.98 Å². The first kappa shape index (κ1) is 22.9. The molecule has 0 N–H and O–H groups in total. The SMILES string of the molecule is CCOC(=O)[C@H](OC(C)(C)C)c1c(C)nc2sc3c(c2c1-c1ccc(C)cc1)CCOC3. The number of aryl methyl sites for hydroxylation is 2. The van der Waals surface area contributed by atoms with Gasteiger partial charge in [-0.15, -0.1) is 11.3 Å². The lowest BCUT2D eigenvalue weighted by molar-refractivity contribution is -0.166. The summed E-state index contributed by atoms with van der Waals surface area (Å²) in [6.07, 6.45) is -0.0266. The molecular weight excluding hydrogens is 422 g/mol. The molecule has 5 nitrogen and oxygen atoms in total. The van der Waals surface area contributed by atoms with Crippen LogP contribution in [0.4, 0.5) is 0 Å². The average molecular weight is 454 g/mol. The number of esters is 1. The predicted octanol–water partition coefficient (Wildman–Crippen LogP) is 6.07. The molecular formula is C26H31NO4S. The van der Waals surface area contributed by atoms with E-state index in [2.05, 4.69) is 31.2 Å². The highest BCUT2D eigenvalue weighted by Gasteiger charge is 2.35. The molecule has 0 fully saturated rings. The Morgan fingerprint density at radius 1 is 1.22 bits per heavy atom. The van der Waals surface area contributed by atoms with Crippen LogP contribution in [0.1, 0.15) is 61.1 Å². The van der Waals surface area contributed by atoms with Gasteiger partial charge in [-0.1, -0.05) is 29.8 Å².